The van der Waals surface area contributed by atoms with Crippen LogP contribution in [0.4, 0.5) is 0 Å². The van der Waals surface area contributed by atoms with Gasteiger partial charge in [0.1, 0.15) is 9.84 Å². The number of aromatic nitrogens is 3. The lowest BCUT2D eigenvalue weighted by molar-refractivity contribution is 0.551. The van der Waals surface area contributed by atoms with Crippen molar-refractivity contribution in [3.05, 3.63) is 72.7 Å². The SMILES string of the molecule is O=S1(=O)CCC(c2c[nH]c3ccc(-c4cccc(-n5cccn5)c4)cc23)CC1. The van der Waals surface area contributed by atoms with Gasteiger partial charge in [-0.05, 0) is 65.8 Å². The molecule has 3 heterocycles. The Morgan fingerprint density at radius 2 is 1.82 bits per heavy atom. The van der Waals surface area contributed by atoms with E-state index >= 15 is 0 Å². The van der Waals surface area contributed by atoms with Crippen LogP contribution in [-0.2, 0) is 9.84 Å². The molecule has 142 valence electrons. The molecule has 1 aliphatic rings. The number of sulfone groups is 1. The van der Waals surface area contributed by atoms with Crippen LogP contribution in [0, 0.1) is 0 Å². The molecule has 1 aliphatic heterocycles. The van der Waals surface area contributed by atoms with Crippen molar-refractivity contribution in [2.75, 3.05) is 11.5 Å². The van der Waals surface area contributed by atoms with Crippen molar-refractivity contribution in [3.63, 3.8) is 0 Å². The van der Waals surface area contributed by atoms with Crippen molar-refractivity contribution in [1.82, 2.24) is 14.8 Å². The Bertz CT molecular complexity index is 1230. The zero-order chi connectivity index (χ0) is 19.1. The van der Waals surface area contributed by atoms with E-state index in [0.29, 0.717) is 18.8 Å². The Hall–Kier alpha value is -2.86. The Kier molecular flexibility index (Phi) is 4.09. The first-order chi connectivity index (χ1) is 13.6. The molecule has 5 rings (SSSR count). The first-order valence-electron chi connectivity index (χ1n) is 9.51. The molecule has 0 amide bonds. The van der Waals surface area contributed by atoms with Crippen molar-refractivity contribution in [3.8, 4) is 16.8 Å². The maximum absolute atomic E-state index is 11.8. The highest BCUT2D eigenvalue weighted by molar-refractivity contribution is 7.91. The Labute approximate surface area is 163 Å². The van der Waals surface area contributed by atoms with Crippen molar-refractivity contribution < 1.29 is 8.42 Å². The zero-order valence-electron chi connectivity index (χ0n) is 15.4. The average Bonchev–Trinajstić information content (AvgIpc) is 3.38. The molecule has 1 saturated heterocycles. The van der Waals surface area contributed by atoms with E-state index in [4.69, 9.17) is 0 Å². The third-order valence-electron chi connectivity index (χ3n) is 5.66. The summed E-state index contributed by atoms with van der Waals surface area (Å²) in [5.41, 5.74) is 5.62. The topological polar surface area (TPSA) is 67.8 Å². The summed E-state index contributed by atoms with van der Waals surface area (Å²) in [5, 5.41) is 5.50. The van der Waals surface area contributed by atoms with Gasteiger partial charge in [0.05, 0.1) is 17.2 Å². The molecule has 0 bridgehead atoms. The van der Waals surface area contributed by atoms with Gasteiger partial charge in [-0.1, -0.05) is 18.2 Å². The Morgan fingerprint density at radius 3 is 2.61 bits per heavy atom. The van der Waals surface area contributed by atoms with Crippen LogP contribution in [0.25, 0.3) is 27.7 Å². The van der Waals surface area contributed by atoms with E-state index in [-0.39, 0.29) is 11.5 Å². The maximum atomic E-state index is 11.8. The number of H-pyrrole nitrogens is 1. The summed E-state index contributed by atoms with van der Waals surface area (Å²) >= 11 is 0. The van der Waals surface area contributed by atoms with Gasteiger partial charge in [-0.15, -0.1) is 0 Å². The standard InChI is InChI=1S/C22H21N3O2S/c26-28(27)11-7-16(8-12-28)21-15-23-22-6-5-18(14-20(21)22)17-3-1-4-19(13-17)25-10-2-9-24-25/h1-6,9-10,13-16,23H,7-8,11-12H2. The number of nitrogens with zero attached hydrogens (tertiary/aromatic N) is 2. The minimum absolute atomic E-state index is 0.288. The quantitative estimate of drug-likeness (QED) is 0.566. The fourth-order valence-corrected chi connectivity index (χ4v) is 5.60. The zero-order valence-corrected chi connectivity index (χ0v) is 16.2. The van der Waals surface area contributed by atoms with Gasteiger partial charge in [0.2, 0.25) is 0 Å². The fourth-order valence-electron chi connectivity index (χ4n) is 4.11. The molecule has 0 saturated carbocycles. The van der Waals surface area contributed by atoms with Crippen LogP contribution in [0.5, 0.6) is 0 Å². The van der Waals surface area contributed by atoms with Gasteiger partial charge < -0.3 is 4.98 Å². The molecular weight excluding hydrogens is 370 g/mol. The van der Waals surface area contributed by atoms with Gasteiger partial charge in [0.25, 0.3) is 0 Å². The predicted octanol–water partition coefficient (Wildman–Crippen LogP) is 4.31. The molecular formula is C22H21N3O2S. The largest absolute Gasteiger partial charge is 0.361 e. The van der Waals surface area contributed by atoms with Crippen LogP contribution in [0.1, 0.15) is 24.3 Å². The summed E-state index contributed by atoms with van der Waals surface area (Å²) in [5.74, 6) is 0.870. The third kappa shape index (κ3) is 3.14. The summed E-state index contributed by atoms with van der Waals surface area (Å²) in [4.78, 5) is 3.36. The minimum atomic E-state index is -2.86. The molecule has 4 aromatic rings. The van der Waals surface area contributed by atoms with E-state index in [1.807, 2.05) is 29.1 Å². The number of hydrogen-bond acceptors (Lipinski definition) is 3. The minimum Gasteiger partial charge on any atom is -0.361 e. The molecule has 0 aliphatic carbocycles. The van der Waals surface area contributed by atoms with E-state index in [2.05, 4.69) is 46.6 Å². The normalized spacial score (nSPS) is 17.1. The first-order valence-corrected chi connectivity index (χ1v) is 11.3. The van der Waals surface area contributed by atoms with Gasteiger partial charge in [-0.2, -0.15) is 5.10 Å². The first kappa shape index (κ1) is 17.3. The van der Waals surface area contributed by atoms with Gasteiger partial charge in [-0.3, -0.25) is 0 Å². The molecule has 2 aromatic heterocycles. The molecule has 0 unspecified atom stereocenters. The Balaban J connectivity index is 1.53. The lowest BCUT2D eigenvalue weighted by Gasteiger charge is -2.21. The van der Waals surface area contributed by atoms with Crippen LogP contribution in [-0.4, -0.2) is 34.7 Å². The summed E-state index contributed by atoms with van der Waals surface area (Å²) in [7, 11) is -2.86. The van der Waals surface area contributed by atoms with Crippen LogP contribution in [0.3, 0.4) is 0 Å². The molecule has 1 N–H and O–H groups in total. The molecule has 2 aromatic carbocycles. The molecule has 28 heavy (non-hydrogen) atoms. The van der Waals surface area contributed by atoms with Crippen molar-refractivity contribution in [2.45, 2.75) is 18.8 Å². The van der Waals surface area contributed by atoms with Crippen molar-refractivity contribution >= 4 is 20.7 Å². The number of rotatable bonds is 3. The second kappa shape index (κ2) is 6.63. The average molecular weight is 391 g/mol. The second-order valence-electron chi connectivity index (χ2n) is 7.43. The number of fused-ring (bicyclic) bond motifs is 1. The Morgan fingerprint density at radius 1 is 1.00 bits per heavy atom. The van der Waals surface area contributed by atoms with E-state index in [1.165, 1.54) is 10.9 Å². The highest BCUT2D eigenvalue weighted by atomic mass is 32.2. The van der Waals surface area contributed by atoms with E-state index < -0.39 is 9.84 Å². The van der Waals surface area contributed by atoms with Gasteiger partial charge >= 0.3 is 0 Å². The smallest absolute Gasteiger partial charge is 0.150 e. The van der Waals surface area contributed by atoms with Crippen molar-refractivity contribution in [2.24, 2.45) is 0 Å². The second-order valence-corrected chi connectivity index (χ2v) is 9.74. The van der Waals surface area contributed by atoms with Crippen LogP contribution >= 0.6 is 0 Å². The number of nitrogens with one attached hydrogen (secondary N) is 1. The summed E-state index contributed by atoms with van der Waals surface area (Å²) < 4.78 is 25.4. The fraction of sp³-hybridized carbons (Fsp3) is 0.227. The van der Waals surface area contributed by atoms with Gasteiger partial charge in [0, 0.05) is 29.5 Å². The maximum Gasteiger partial charge on any atom is 0.150 e. The van der Waals surface area contributed by atoms with Gasteiger partial charge in [-0.25, -0.2) is 13.1 Å². The highest BCUT2D eigenvalue weighted by Gasteiger charge is 2.26. The van der Waals surface area contributed by atoms with E-state index in [9.17, 15) is 8.42 Å². The van der Waals surface area contributed by atoms with E-state index in [1.54, 1.807) is 6.20 Å². The summed E-state index contributed by atoms with van der Waals surface area (Å²) in [6.07, 6.45) is 7.17. The number of benzene rings is 2. The monoisotopic (exact) mass is 391 g/mol. The molecule has 1 fully saturated rings. The van der Waals surface area contributed by atoms with Crippen molar-refractivity contribution in [1.29, 1.82) is 0 Å². The lowest BCUT2D eigenvalue weighted by Crippen LogP contribution is -2.21. The number of hydrogen-bond donors (Lipinski definition) is 1. The van der Waals surface area contributed by atoms with Crippen LogP contribution in [0.15, 0.2) is 67.1 Å². The van der Waals surface area contributed by atoms with Crippen LogP contribution < -0.4 is 0 Å². The van der Waals surface area contributed by atoms with Crippen LogP contribution in [0.2, 0.25) is 0 Å². The lowest BCUT2D eigenvalue weighted by atomic mass is 9.92. The molecule has 0 spiro atoms. The van der Waals surface area contributed by atoms with Gasteiger partial charge in [0.15, 0.2) is 0 Å². The molecule has 0 atom stereocenters. The molecule has 6 heteroatoms. The summed E-state index contributed by atoms with van der Waals surface area (Å²) in [6, 6.07) is 16.7. The third-order valence-corrected chi connectivity index (χ3v) is 7.37. The molecule has 0 radical (unpaired) electrons. The highest BCUT2D eigenvalue weighted by Crippen LogP contribution is 2.36. The van der Waals surface area contributed by atoms with E-state index in [0.717, 1.165) is 22.3 Å². The number of aromatic amines is 1. The predicted molar refractivity (Wildman–Crippen MR) is 111 cm³/mol. The summed E-state index contributed by atoms with van der Waals surface area (Å²) in [6.45, 7) is 0. The molecule has 5 nitrogen and oxygen atoms in total.